The van der Waals surface area contributed by atoms with Crippen LogP contribution < -0.4 is 10.4 Å². The van der Waals surface area contributed by atoms with E-state index in [1.165, 1.54) is 17.1 Å². The third-order valence-corrected chi connectivity index (χ3v) is 5.09. The second kappa shape index (κ2) is 7.83. The summed E-state index contributed by atoms with van der Waals surface area (Å²) in [5.74, 6) is -1.55. The van der Waals surface area contributed by atoms with Gasteiger partial charge in [0.2, 0.25) is 5.95 Å². The number of nitrogens with one attached hydrogen (secondary N) is 1. The highest BCUT2D eigenvalue weighted by molar-refractivity contribution is 5.79. The molecule has 0 spiro atoms. The van der Waals surface area contributed by atoms with Crippen LogP contribution in [0, 0.1) is 23.0 Å². The van der Waals surface area contributed by atoms with E-state index in [2.05, 4.69) is 26.0 Å². The number of nitrogens with zero attached hydrogens (tertiary/aromatic N) is 6. The molecule has 0 bridgehead atoms. The van der Waals surface area contributed by atoms with Crippen LogP contribution in [-0.2, 0) is 6.54 Å². The molecule has 0 radical (unpaired) electrons. The van der Waals surface area contributed by atoms with Crippen molar-refractivity contribution in [2.24, 2.45) is 0 Å². The van der Waals surface area contributed by atoms with Gasteiger partial charge < -0.3 is 9.72 Å². The lowest BCUT2D eigenvalue weighted by atomic mass is 10.2. The molecule has 1 N–H and O–H groups in total. The number of nitriles is 1. The molecule has 0 aliphatic rings. The molecule has 5 rings (SSSR count). The number of fused-ring (bicyclic) bond motifs is 2. The molecule has 5 aromatic rings. The normalized spacial score (nSPS) is 11.2. The highest BCUT2D eigenvalue weighted by Crippen LogP contribution is 2.26. The van der Waals surface area contributed by atoms with Gasteiger partial charge in [0, 0.05) is 11.6 Å². The molecule has 0 saturated carbocycles. The number of rotatable bonds is 5. The van der Waals surface area contributed by atoms with E-state index in [1.807, 2.05) is 0 Å². The molecule has 0 aliphatic carbocycles. The summed E-state index contributed by atoms with van der Waals surface area (Å²) in [7, 11) is 0. The minimum atomic E-state index is -0.853. The lowest BCUT2D eigenvalue weighted by Gasteiger charge is -2.12. The van der Waals surface area contributed by atoms with Crippen molar-refractivity contribution in [3.05, 3.63) is 76.1 Å². The molecule has 11 heteroatoms. The molecule has 0 amide bonds. The Morgan fingerprint density at radius 3 is 2.85 bits per heavy atom. The van der Waals surface area contributed by atoms with Gasteiger partial charge in [-0.1, -0.05) is 0 Å². The molecule has 33 heavy (non-hydrogen) atoms. The Morgan fingerprint density at radius 1 is 1.21 bits per heavy atom. The van der Waals surface area contributed by atoms with Crippen LogP contribution in [0.2, 0.25) is 0 Å². The standard InChI is InChI=1S/C22H15F2N7O2/c1-2-33-19-13(6-14(23)7-15(19)24)10-30-20-17(28-22(30)32)9-26-21(29-20)31-11-27-16-4-3-12(8-25)5-18(16)31/h3-7,9,11H,2,10H2,1H3,(H,28,32). The average molecular weight is 447 g/mol. The number of hydrogen-bond donors (Lipinski definition) is 1. The van der Waals surface area contributed by atoms with E-state index < -0.39 is 17.3 Å². The van der Waals surface area contributed by atoms with E-state index in [0.29, 0.717) is 22.1 Å². The van der Waals surface area contributed by atoms with Crippen molar-refractivity contribution >= 4 is 22.2 Å². The number of hydrogen-bond acceptors (Lipinski definition) is 6. The Hall–Kier alpha value is -4.59. The van der Waals surface area contributed by atoms with E-state index >= 15 is 0 Å². The van der Waals surface area contributed by atoms with Crippen molar-refractivity contribution < 1.29 is 13.5 Å². The lowest BCUT2D eigenvalue weighted by molar-refractivity contribution is 0.315. The van der Waals surface area contributed by atoms with Crippen LogP contribution in [0.4, 0.5) is 8.78 Å². The monoisotopic (exact) mass is 447 g/mol. The molecule has 0 aliphatic heterocycles. The minimum Gasteiger partial charge on any atom is -0.490 e. The summed E-state index contributed by atoms with van der Waals surface area (Å²) in [6.45, 7) is 1.67. The fourth-order valence-electron chi connectivity index (χ4n) is 3.64. The van der Waals surface area contributed by atoms with Crippen molar-refractivity contribution in [2.45, 2.75) is 13.5 Å². The third-order valence-electron chi connectivity index (χ3n) is 5.09. The van der Waals surface area contributed by atoms with Crippen LogP contribution in [0.5, 0.6) is 5.75 Å². The Bertz CT molecular complexity index is 1630. The van der Waals surface area contributed by atoms with Crippen molar-refractivity contribution in [2.75, 3.05) is 6.61 Å². The highest BCUT2D eigenvalue weighted by atomic mass is 19.1. The summed E-state index contributed by atoms with van der Waals surface area (Å²) in [6.07, 6.45) is 2.95. The number of ether oxygens (including phenoxy) is 1. The molecule has 2 aromatic carbocycles. The molecular weight excluding hydrogens is 432 g/mol. The van der Waals surface area contributed by atoms with E-state index in [9.17, 15) is 18.8 Å². The molecule has 3 heterocycles. The Balaban J connectivity index is 1.65. The number of halogens is 2. The Labute approximate surface area is 184 Å². The summed E-state index contributed by atoms with van der Waals surface area (Å²) >= 11 is 0. The molecule has 9 nitrogen and oxygen atoms in total. The zero-order valence-electron chi connectivity index (χ0n) is 17.2. The van der Waals surface area contributed by atoms with Crippen LogP contribution in [0.25, 0.3) is 28.1 Å². The average Bonchev–Trinajstić information content (AvgIpc) is 3.36. The first-order chi connectivity index (χ1) is 16.0. The van der Waals surface area contributed by atoms with E-state index in [-0.39, 0.29) is 36.1 Å². The second-order valence-electron chi connectivity index (χ2n) is 7.16. The maximum Gasteiger partial charge on any atom is 0.328 e. The first-order valence-corrected chi connectivity index (χ1v) is 9.92. The molecule has 3 aromatic heterocycles. The maximum absolute atomic E-state index is 14.3. The van der Waals surface area contributed by atoms with Gasteiger partial charge in [-0.25, -0.2) is 23.5 Å². The second-order valence-corrected chi connectivity index (χ2v) is 7.16. The molecule has 0 unspecified atom stereocenters. The van der Waals surface area contributed by atoms with Crippen molar-refractivity contribution in [1.82, 2.24) is 29.1 Å². The fourth-order valence-corrected chi connectivity index (χ4v) is 3.64. The van der Waals surface area contributed by atoms with Gasteiger partial charge in [0.25, 0.3) is 0 Å². The van der Waals surface area contributed by atoms with Crippen LogP contribution in [0.1, 0.15) is 18.1 Å². The van der Waals surface area contributed by atoms with Crippen LogP contribution in [-0.4, -0.2) is 35.7 Å². The van der Waals surface area contributed by atoms with Gasteiger partial charge in [0.1, 0.15) is 17.7 Å². The number of benzene rings is 2. The van der Waals surface area contributed by atoms with Crippen LogP contribution >= 0.6 is 0 Å². The van der Waals surface area contributed by atoms with Gasteiger partial charge >= 0.3 is 5.69 Å². The van der Waals surface area contributed by atoms with Crippen LogP contribution in [0.15, 0.2) is 47.7 Å². The van der Waals surface area contributed by atoms with E-state index in [4.69, 9.17) is 4.74 Å². The van der Waals surface area contributed by atoms with E-state index in [1.54, 1.807) is 29.7 Å². The largest absolute Gasteiger partial charge is 0.490 e. The fraction of sp³-hybridized carbons (Fsp3) is 0.136. The zero-order valence-corrected chi connectivity index (χ0v) is 17.2. The first kappa shape index (κ1) is 20.3. The lowest BCUT2D eigenvalue weighted by Crippen LogP contribution is -2.19. The van der Waals surface area contributed by atoms with Crippen molar-refractivity contribution in [3.63, 3.8) is 0 Å². The summed E-state index contributed by atoms with van der Waals surface area (Å²) in [6, 6.07) is 8.95. The molecule has 0 saturated heterocycles. The maximum atomic E-state index is 14.3. The topological polar surface area (TPSA) is 114 Å². The third kappa shape index (κ3) is 3.47. The van der Waals surface area contributed by atoms with Crippen molar-refractivity contribution in [3.8, 4) is 17.8 Å². The Kier molecular flexibility index (Phi) is 4.82. The van der Waals surface area contributed by atoms with Gasteiger partial charge in [0.05, 0.1) is 42.0 Å². The number of H-pyrrole nitrogens is 1. The van der Waals surface area contributed by atoms with Gasteiger partial charge in [-0.2, -0.15) is 10.2 Å². The number of aromatic amines is 1. The molecule has 0 atom stereocenters. The number of imidazole rings is 2. The van der Waals surface area contributed by atoms with Gasteiger partial charge in [-0.15, -0.1) is 0 Å². The minimum absolute atomic E-state index is 0.126. The van der Waals surface area contributed by atoms with Gasteiger partial charge in [-0.05, 0) is 31.2 Å². The summed E-state index contributed by atoms with van der Waals surface area (Å²) in [4.78, 5) is 28.4. The van der Waals surface area contributed by atoms with Crippen molar-refractivity contribution in [1.29, 1.82) is 5.26 Å². The SMILES string of the molecule is CCOc1c(F)cc(F)cc1Cn1c(=O)[nH]c2cnc(-n3cnc4ccc(C#N)cc43)nc21. The van der Waals surface area contributed by atoms with Gasteiger partial charge in [-0.3, -0.25) is 9.13 Å². The molecule has 0 fully saturated rings. The summed E-state index contributed by atoms with van der Waals surface area (Å²) < 4.78 is 36.4. The summed E-state index contributed by atoms with van der Waals surface area (Å²) in [5.41, 5.74) is 1.91. The van der Waals surface area contributed by atoms with Gasteiger partial charge in [0.15, 0.2) is 17.2 Å². The van der Waals surface area contributed by atoms with Crippen LogP contribution in [0.3, 0.4) is 0 Å². The highest BCUT2D eigenvalue weighted by Gasteiger charge is 2.18. The zero-order chi connectivity index (χ0) is 23.1. The molecule has 164 valence electrons. The summed E-state index contributed by atoms with van der Waals surface area (Å²) in [5, 5.41) is 9.20. The quantitative estimate of drug-likeness (QED) is 0.443. The Morgan fingerprint density at radius 2 is 2.06 bits per heavy atom. The predicted octanol–water partition coefficient (Wildman–Crippen LogP) is 3.06. The molecular formula is C22H15F2N7O2. The first-order valence-electron chi connectivity index (χ1n) is 9.92. The smallest absolute Gasteiger partial charge is 0.328 e. The number of aromatic nitrogens is 6. The predicted molar refractivity (Wildman–Crippen MR) is 114 cm³/mol. The van der Waals surface area contributed by atoms with E-state index in [0.717, 1.165) is 12.1 Å².